The molecule has 0 saturated carbocycles. The maximum absolute atomic E-state index is 13.1. The van der Waals surface area contributed by atoms with Crippen LogP contribution in [0.1, 0.15) is 17.5 Å². The van der Waals surface area contributed by atoms with E-state index in [4.69, 9.17) is 14.2 Å². The Labute approximate surface area is 164 Å². The number of hydrazine groups is 1. The smallest absolute Gasteiger partial charge is 0.258 e. The van der Waals surface area contributed by atoms with Gasteiger partial charge in [-0.05, 0) is 30.5 Å². The molecule has 2 aromatic rings. The van der Waals surface area contributed by atoms with Crippen LogP contribution in [0.15, 0.2) is 16.9 Å². The van der Waals surface area contributed by atoms with Crippen molar-refractivity contribution in [3.8, 4) is 5.75 Å². The van der Waals surface area contributed by atoms with Gasteiger partial charge in [-0.2, -0.15) is 0 Å². The van der Waals surface area contributed by atoms with Gasteiger partial charge in [-0.1, -0.05) is 0 Å². The van der Waals surface area contributed by atoms with Crippen molar-refractivity contribution < 1.29 is 14.2 Å². The van der Waals surface area contributed by atoms with E-state index in [2.05, 4.69) is 21.8 Å². The molecule has 0 bridgehead atoms. The van der Waals surface area contributed by atoms with Gasteiger partial charge in [0.25, 0.3) is 5.56 Å². The van der Waals surface area contributed by atoms with Crippen molar-refractivity contribution >= 4 is 16.6 Å². The zero-order valence-electron chi connectivity index (χ0n) is 16.5. The minimum absolute atomic E-state index is 0.0110. The van der Waals surface area contributed by atoms with Crippen LogP contribution in [0, 0.1) is 0 Å². The van der Waals surface area contributed by atoms with Crippen molar-refractivity contribution in [3.05, 3.63) is 33.6 Å². The molecule has 8 heteroatoms. The van der Waals surface area contributed by atoms with Gasteiger partial charge < -0.3 is 19.5 Å². The van der Waals surface area contributed by atoms with E-state index in [9.17, 15) is 4.79 Å². The molecule has 8 nitrogen and oxygen atoms in total. The highest BCUT2D eigenvalue weighted by Crippen LogP contribution is 2.36. The summed E-state index contributed by atoms with van der Waals surface area (Å²) in [7, 11) is 3.28. The van der Waals surface area contributed by atoms with Gasteiger partial charge in [0, 0.05) is 38.9 Å². The zero-order chi connectivity index (χ0) is 19.5. The van der Waals surface area contributed by atoms with Crippen molar-refractivity contribution in [3.63, 3.8) is 0 Å². The number of ether oxygens (including phenoxy) is 3. The number of morpholine rings is 1. The lowest BCUT2D eigenvalue weighted by molar-refractivity contribution is 0.0105. The lowest BCUT2D eigenvalue weighted by Gasteiger charge is -2.28. The molecule has 0 amide bonds. The number of nitrogens with zero attached hydrogens (tertiary/aromatic N) is 2. The van der Waals surface area contributed by atoms with Crippen LogP contribution in [0.2, 0.25) is 0 Å². The number of hydrogen-bond donors (Lipinski definition) is 2. The molecular weight excluding hydrogens is 360 g/mol. The number of hydrogen-bond acceptors (Lipinski definition) is 7. The largest absolute Gasteiger partial charge is 0.496 e. The lowest BCUT2D eigenvalue weighted by Crippen LogP contribution is -2.45. The van der Waals surface area contributed by atoms with Crippen LogP contribution in [0.5, 0.6) is 5.75 Å². The number of aromatic nitrogens is 1. The van der Waals surface area contributed by atoms with Gasteiger partial charge in [0.15, 0.2) is 0 Å². The van der Waals surface area contributed by atoms with Crippen molar-refractivity contribution in [2.45, 2.75) is 26.1 Å². The van der Waals surface area contributed by atoms with Crippen molar-refractivity contribution in [1.29, 1.82) is 0 Å². The Morgan fingerprint density at radius 2 is 2.07 bits per heavy atom. The van der Waals surface area contributed by atoms with E-state index in [0.29, 0.717) is 6.54 Å². The molecule has 1 fully saturated rings. The van der Waals surface area contributed by atoms with Crippen molar-refractivity contribution in [2.75, 3.05) is 52.4 Å². The second kappa shape index (κ2) is 8.48. The minimum atomic E-state index is 0.0110. The first-order chi connectivity index (χ1) is 13.7. The quantitative estimate of drug-likeness (QED) is 0.773. The average Bonchev–Trinajstić information content (AvgIpc) is 2.75. The second-order valence-electron chi connectivity index (χ2n) is 7.16. The van der Waals surface area contributed by atoms with E-state index >= 15 is 0 Å². The number of nitrogens with one attached hydrogen (secondary N) is 2. The molecule has 152 valence electrons. The molecule has 0 radical (unpaired) electrons. The molecule has 4 rings (SSSR count). The fourth-order valence-electron chi connectivity index (χ4n) is 4.00. The number of pyridine rings is 1. The van der Waals surface area contributed by atoms with Gasteiger partial charge in [-0.25, -0.2) is 5.01 Å². The highest BCUT2D eigenvalue weighted by molar-refractivity contribution is 5.99. The molecule has 1 saturated heterocycles. The molecule has 28 heavy (non-hydrogen) atoms. The van der Waals surface area contributed by atoms with Crippen LogP contribution in [-0.2, 0) is 29.2 Å². The van der Waals surface area contributed by atoms with E-state index in [1.807, 2.05) is 6.07 Å². The Hall–Kier alpha value is -2.13. The summed E-state index contributed by atoms with van der Waals surface area (Å²) in [5.41, 5.74) is 7.06. The zero-order valence-corrected chi connectivity index (χ0v) is 16.5. The van der Waals surface area contributed by atoms with Crippen LogP contribution in [0.4, 0.5) is 5.69 Å². The first-order valence-corrected chi connectivity index (χ1v) is 9.78. The molecule has 2 aliphatic heterocycles. The fourth-order valence-corrected chi connectivity index (χ4v) is 4.00. The first-order valence-electron chi connectivity index (χ1n) is 9.78. The second-order valence-corrected chi connectivity index (χ2v) is 7.16. The van der Waals surface area contributed by atoms with E-state index in [-0.39, 0.29) is 12.3 Å². The Kier molecular flexibility index (Phi) is 5.82. The number of anilines is 1. The maximum atomic E-state index is 13.1. The van der Waals surface area contributed by atoms with E-state index in [1.165, 1.54) is 0 Å². The summed E-state index contributed by atoms with van der Waals surface area (Å²) in [6.07, 6.45) is 1.72. The maximum Gasteiger partial charge on any atom is 0.258 e. The minimum Gasteiger partial charge on any atom is -0.496 e. The van der Waals surface area contributed by atoms with E-state index < -0.39 is 0 Å². The molecule has 2 N–H and O–H groups in total. The summed E-state index contributed by atoms with van der Waals surface area (Å²) in [6.45, 7) is 4.91. The first kappa shape index (κ1) is 19.2. The SMILES string of the molecule is COCn1c(=O)c2c(c3c(OC)cc(CNN4CCOCC4)cc31)NCCC2. The van der Waals surface area contributed by atoms with Crippen LogP contribution >= 0.6 is 0 Å². The normalized spacial score (nSPS) is 17.4. The predicted octanol–water partition coefficient (Wildman–Crippen LogP) is 1.31. The van der Waals surface area contributed by atoms with Gasteiger partial charge in [-0.15, -0.1) is 0 Å². The third kappa shape index (κ3) is 3.60. The fraction of sp³-hybridized carbons (Fsp3) is 0.550. The highest BCUT2D eigenvalue weighted by atomic mass is 16.5. The van der Waals surface area contributed by atoms with Crippen LogP contribution in [0.25, 0.3) is 10.9 Å². The van der Waals surface area contributed by atoms with Crippen molar-refractivity contribution in [1.82, 2.24) is 15.0 Å². The Morgan fingerprint density at radius 3 is 2.82 bits per heavy atom. The van der Waals surface area contributed by atoms with Crippen LogP contribution in [-0.4, -0.2) is 56.6 Å². The number of methoxy groups -OCH3 is 2. The number of rotatable bonds is 6. The topological polar surface area (TPSA) is 77.0 Å². The Morgan fingerprint density at radius 1 is 1.25 bits per heavy atom. The molecule has 0 atom stereocenters. The molecule has 2 aliphatic rings. The third-order valence-corrected chi connectivity index (χ3v) is 5.39. The molecule has 1 aromatic carbocycles. The molecule has 0 spiro atoms. The van der Waals surface area contributed by atoms with Crippen LogP contribution < -0.4 is 21.0 Å². The van der Waals surface area contributed by atoms with Gasteiger partial charge in [0.2, 0.25) is 0 Å². The molecule has 0 aliphatic carbocycles. The van der Waals surface area contributed by atoms with Crippen LogP contribution in [0.3, 0.4) is 0 Å². The van der Waals surface area contributed by atoms with Gasteiger partial charge >= 0.3 is 0 Å². The monoisotopic (exact) mass is 388 g/mol. The summed E-state index contributed by atoms with van der Waals surface area (Å²) in [5, 5.41) is 6.53. The average molecular weight is 388 g/mol. The molecule has 0 unspecified atom stereocenters. The van der Waals surface area contributed by atoms with E-state index in [0.717, 1.165) is 79.2 Å². The molecule has 3 heterocycles. The number of fused-ring (bicyclic) bond motifs is 3. The number of benzene rings is 1. The van der Waals surface area contributed by atoms with Gasteiger partial charge in [0.1, 0.15) is 12.5 Å². The van der Waals surface area contributed by atoms with E-state index in [1.54, 1.807) is 18.8 Å². The summed E-state index contributed by atoms with van der Waals surface area (Å²) >= 11 is 0. The highest BCUT2D eigenvalue weighted by Gasteiger charge is 2.22. The summed E-state index contributed by atoms with van der Waals surface area (Å²) in [4.78, 5) is 13.1. The summed E-state index contributed by atoms with van der Waals surface area (Å²) < 4.78 is 18.2. The Bertz CT molecular complexity index is 905. The molecule has 1 aromatic heterocycles. The van der Waals surface area contributed by atoms with Gasteiger partial charge in [-0.3, -0.25) is 14.8 Å². The summed E-state index contributed by atoms with van der Waals surface area (Å²) in [5.74, 6) is 0.770. The lowest BCUT2D eigenvalue weighted by atomic mass is 9.99. The summed E-state index contributed by atoms with van der Waals surface area (Å²) in [6, 6.07) is 4.11. The third-order valence-electron chi connectivity index (χ3n) is 5.39. The molecular formula is C20H28N4O4. The van der Waals surface area contributed by atoms with Gasteiger partial charge in [0.05, 0.1) is 36.9 Å². The Balaban J connectivity index is 1.79. The predicted molar refractivity (Wildman–Crippen MR) is 108 cm³/mol. The van der Waals surface area contributed by atoms with Crippen molar-refractivity contribution in [2.24, 2.45) is 0 Å². The standard InChI is InChI=1S/C20H28N4O4/c1-26-13-24-16-10-14(12-22-23-6-8-28-9-7-23)11-17(27-2)18(16)19-15(20(24)25)4-3-5-21-19/h10-11,21-22H,3-9,12-13H2,1-2H3.